The van der Waals surface area contributed by atoms with Crippen LogP contribution in [0.5, 0.6) is 0 Å². The van der Waals surface area contributed by atoms with Gasteiger partial charge in [0.2, 0.25) is 0 Å². The van der Waals surface area contributed by atoms with Gasteiger partial charge in [-0.15, -0.1) is 0 Å². The van der Waals surface area contributed by atoms with Crippen LogP contribution in [0, 0.1) is 6.92 Å². The molecular weight excluding hydrogens is 194 g/mol. The Kier molecular flexibility index (Phi) is 3.37. The van der Waals surface area contributed by atoms with Crippen molar-refractivity contribution in [1.82, 2.24) is 15.3 Å². The first-order chi connectivity index (χ1) is 6.84. The molecule has 4 heteroatoms. The van der Waals surface area contributed by atoms with Gasteiger partial charge in [-0.05, 0) is 31.9 Å². The zero-order chi connectivity index (χ0) is 9.80. The number of nitrogens with zero attached hydrogens (tertiary/aromatic N) is 2. The third-order valence-corrected chi connectivity index (χ3v) is 3.37. The summed E-state index contributed by atoms with van der Waals surface area (Å²) in [5.74, 6) is 1.09. The number of aryl methyl sites for hydroxylation is 1. The van der Waals surface area contributed by atoms with Crippen molar-refractivity contribution in [2.24, 2.45) is 0 Å². The molecule has 0 bridgehead atoms. The lowest BCUT2D eigenvalue weighted by molar-refractivity contribution is 0.673. The summed E-state index contributed by atoms with van der Waals surface area (Å²) in [4.78, 5) is 8.53. The maximum Gasteiger partial charge on any atom is 0.187 e. The fourth-order valence-corrected chi connectivity index (χ4v) is 2.42. The van der Waals surface area contributed by atoms with Crippen LogP contribution in [0.4, 0.5) is 0 Å². The van der Waals surface area contributed by atoms with Crippen LogP contribution in [0.3, 0.4) is 0 Å². The van der Waals surface area contributed by atoms with Crippen molar-refractivity contribution >= 4 is 11.8 Å². The van der Waals surface area contributed by atoms with Gasteiger partial charge in [-0.3, -0.25) is 0 Å². The lowest BCUT2D eigenvalue weighted by atomic mass is 10.3. The average Bonchev–Trinajstić information content (AvgIpc) is 2.70. The van der Waals surface area contributed by atoms with E-state index in [9.17, 15) is 0 Å². The molecule has 0 unspecified atom stereocenters. The second-order valence-electron chi connectivity index (χ2n) is 3.65. The van der Waals surface area contributed by atoms with Crippen molar-refractivity contribution in [3.05, 3.63) is 18.0 Å². The molecule has 1 aliphatic heterocycles. The summed E-state index contributed by atoms with van der Waals surface area (Å²) >= 11 is 1.74. The van der Waals surface area contributed by atoms with Crippen molar-refractivity contribution < 1.29 is 0 Å². The second kappa shape index (κ2) is 4.75. The standard InChI is InChI=1S/C10H15N3S/c1-8-5-12-10(13-6-8)14-7-9-3-2-4-11-9/h5-6,9,11H,2-4,7H2,1H3/t9-/m0/s1. The number of hydrogen-bond acceptors (Lipinski definition) is 4. The molecule has 1 fully saturated rings. The minimum Gasteiger partial charge on any atom is -0.313 e. The molecule has 1 saturated heterocycles. The number of aromatic nitrogens is 2. The molecule has 0 radical (unpaired) electrons. The van der Waals surface area contributed by atoms with Crippen LogP contribution in [0.2, 0.25) is 0 Å². The van der Waals surface area contributed by atoms with Crippen molar-refractivity contribution in [1.29, 1.82) is 0 Å². The Morgan fingerprint density at radius 1 is 1.50 bits per heavy atom. The lowest BCUT2D eigenvalue weighted by Gasteiger charge is -2.07. The van der Waals surface area contributed by atoms with E-state index in [4.69, 9.17) is 0 Å². The Morgan fingerprint density at radius 2 is 2.29 bits per heavy atom. The van der Waals surface area contributed by atoms with Crippen LogP contribution in [-0.2, 0) is 0 Å². The Bertz CT molecular complexity index is 280. The largest absolute Gasteiger partial charge is 0.313 e. The molecule has 1 aromatic heterocycles. The summed E-state index contributed by atoms with van der Waals surface area (Å²) in [6, 6.07) is 0.657. The van der Waals surface area contributed by atoms with Gasteiger partial charge in [0.25, 0.3) is 0 Å². The molecule has 2 heterocycles. The molecule has 1 N–H and O–H groups in total. The molecule has 0 spiro atoms. The van der Waals surface area contributed by atoms with Crippen LogP contribution in [0.1, 0.15) is 18.4 Å². The summed E-state index contributed by atoms with van der Waals surface area (Å²) < 4.78 is 0. The van der Waals surface area contributed by atoms with Gasteiger partial charge >= 0.3 is 0 Å². The highest BCUT2D eigenvalue weighted by Gasteiger charge is 2.14. The predicted molar refractivity (Wildman–Crippen MR) is 58.5 cm³/mol. The van der Waals surface area contributed by atoms with Crippen molar-refractivity contribution in [3.8, 4) is 0 Å². The van der Waals surface area contributed by atoms with Gasteiger partial charge in [0.1, 0.15) is 0 Å². The predicted octanol–water partition coefficient (Wildman–Crippen LogP) is 1.63. The summed E-state index contributed by atoms with van der Waals surface area (Å²) in [5.41, 5.74) is 1.12. The molecule has 1 aliphatic rings. The number of nitrogens with one attached hydrogen (secondary N) is 1. The first-order valence-electron chi connectivity index (χ1n) is 4.99. The quantitative estimate of drug-likeness (QED) is 0.606. The molecule has 3 nitrogen and oxygen atoms in total. The van der Waals surface area contributed by atoms with Crippen LogP contribution in [-0.4, -0.2) is 28.3 Å². The molecule has 0 saturated carbocycles. The molecule has 2 rings (SSSR count). The molecule has 76 valence electrons. The number of rotatable bonds is 3. The normalized spacial score (nSPS) is 21.4. The van der Waals surface area contributed by atoms with Crippen LogP contribution in [0.15, 0.2) is 17.6 Å². The third-order valence-electron chi connectivity index (χ3n) is 2.33. The Labute approximate surface area is 88.7 Å². The molecule has 1 aromatic rings. The first kappa shape index (κ1) is 9.93. The van der Waals surface area contributed by atoms with Crippen LogP contribution < -0.4 is 5.32 Å². The average molecular weight is 209 g/mol. The fourth-order valence-electron chi connectivity index (χ4n) is 1.53. The molecule has 0 aliphatic carbocycles. The topological polar surface area (TPSA) is 37.8 Å². The Morgan fingerprint density at radius 3 is 2.93 bits per heavy atom. The SMILES string of the molecule is Cc1cnc(SC[C@@H]2CCCN2)nc1. The van der Waals surface area contributed by atoms with Crippen molar-refractivity contribution in [2.45, 2.75) is 31.0 Å². The number of hydrogen-bond donors (Lipinski definition) is 1. The molecule has 1 atom stereocenters. The minimum absolute atomic E-state index is 0.657. The first-order valence-corrected chi connectivity index (χ1v) is 5.98. The highest BCUT2D eigenvalue weighted by molar-refractivity contribution is 7.99. The van der Waals surface area contributed by atoms with Gasteiger partial charge < -0.3 is 5.32 Å². The molecule has 14 heavy (non-hydrogen) atoms. The van der Waals surface area contributed by atoms with Crippen molar-refractivity contribution in [3.63, 3.8) is 0 Å². The maximum absolute atomic E-state index is 4.26. The summed E-state index contributed by atoms with van der Waals surface area (Å²) in [6.45, 7) is 3.17. The van der Waals surface area contributed by atoms with Gasteiger partial charge in [-0.2, -0.15) is 0 Å². The van der Waals surface area contributed by atoms with E-state index in [0.717, 1.165) is 16.5 Å². The van der Waals surface area contributed by atoms with Gasteiger partial charge in [-0.25, -0.2) is 9.97 Å². The van der Waals surface area contributed by atoms with Gasteiger partial charge in [0.15, 0.2) is 5.16 Å². The smallest absolute Gasteiger partial charge is 0.187 e. The maximum atomic E-state index is 4.26. The van der Waals surface area contributed by atoms with Gasteiger partial charge in [0, 0.05) is 24.2 Å². The monoisotopic (exact) mass is 209 g/mol. The summed E-state index contributed by atoms with van der Waals surface area (Å²) in [7, 11) is 0. The second-order valence-corrected chi connectivity index (χ2v) is 4.63. The Balaban J connectivity index is 1.82. The van der Waals surface area contributed by atoms with Crippen molar-refractivity contribution in [2.75, 3.05) is 12.3 Å². The third kappa shape index (κ3) is 2.69. The van der Waals surface area contributed by atoms with E-state index in [-0.39, 0.29) is 0 Å². The van der Waals surface area contributed by atoms with Gasteiger partial charge in [-0.1, -0.05) is 11.8 Å². The van der Waals surface area contributed by atoms with Crippen LogP contribution in [0.25, 0.3) is 0 Å². The summed E-state index contributed by atoms with van der Waals surface area (Å²) in [5, 5.41) is 4.35. The zero-order valence-corrected chi connectivity index (χ0v) is 9.18. The molecule has 0 aromatic carbocycles. The van der Waals surface area contributed by atoms with E-state index in [1.807, 2.05) is 19.3 Å². The van der Waals surface area contributed by atoms with E-state index < -0.39 is 0 Å². The lowest BCUT2D eigenvalue weighted by Crippen LogP contribution is -2.23. The van der Waals surface area contributed by atoms with E-state index in [1.54, 1.807) is 11.8 Å². The highest BCUT2D eigenvalue weighted by Crippen LogP contribution is 2.17. The Hall–Kier alpha value is -0.610. The number of thioether (sulfide) groups is 1. The van der Waals surface area contributed by atoms with E-state index in [2.05, 4.69) is 15.3 Å². The minimum atomic E-state index is 0.657. The van der Waals surface area contributed by atoms with E-state index >= 15 is 0 Å². The van der Waals surface area contributed by atoms with E-state index in [1.165, 1.54) is 19.4 Å². The highest BCUT2D eigenvalue weighted by atomic mass is 32.2. The zero-order valence-electron chi connectivity index (χ0n) is 8.36. The molecular formula is C10H15N3S. The fraction of sp³-hybridized carbons (Fsp3) is 0.600. The van der Waals surface area contributed by atoms with E-state index in [0.29, 0.717) is 6.04 Å². The summed E-state index contributed by atoms with van der Waals surface area (Å²) in [6.07, 6.45) is 6.34. The molecule has 0 amide bonds. The van der Waals surface area contributed by atoms with Gasteiger partial charge in [0.05, 0.1) is 0 Å². The van der Waals surface area contributed by atoms with Crippen LogP contribution >= 0.6 is 11.8 Å².